The molecule has 1 fully saturated rings. The number of amides is 1. The van der Waals surface area contributed by atoms with Crippen molar-refractivity contribution in [3.63, 3.8) is 0 Å². The van der Waals surface area contributed by atoms with Crippen molar-refractivity contribution in [1.29, 1.82) is 0 Å². The summed E-state index contributed by atoms with van der Waals surface area (Å²) in [4.78, 5) is 15.2. The van der Waals surface area contributed by atoms with E-state index in [1.54, 1.807) is 13.2 Å². The Morgan fingerprint density at radius 1 is 1.23 bits per heavy atom. The van der Waals surface area contributed by atoms with Crippen molar-refractivity contribution in [2.75, 3.05) is 26.7 Å². The molecule has 0 radical (unpaired) electrons. The lowest BCUT2D eigenvalue weighted by molar-refractivity contribution is 0.0887. The van der Waals surface area contributed by atoms with Gasteiger partial charge in [0.05, 0.1) is 13.2 Å². The van der Waals surface area contributed by atoms with E-state index in [1.165, 1.54) is 0 Å². The molecule has 3 heterocycles. The van der Waals surface area contributed by atoms with E-state index in [1.807, 2.05) is 43.3 Å². The molecule has 1 amide bonds. The normalized spacial score (nSPS) is 16.2. The average molecular weight is 424 g/mol. The average Bonchev–Trinajstić information content (AvgIpc) is 3.45. The standard InChI is InChI=1S/C24H29N3O4/c1-16-10-12-27(13-11-16)21(22-9-4-17(2)30-22)15-25-24(28)20-14-23(31-26-20)18-5-7-19(29-3)8-6-18/h4-9,14,16,21H,10-13,15H2,1-3H3,(H,25,28). The maximum Gasteiger partial charge on any atom is 0.273 e. The molecule has 1 atom stereocenters. The van der Waals surface area contributed by atoms with Crippen LogP contribution in [0.5, 0.6) is 5.75 Å². The van der Waals surface area contributed by atoms with E-state index in [4.69, 9.17) is 13.7 Å². The van der Waals surface area contributed by atoms with Crippen molar-refractivity contribution < 1.29 is 18.5 Å². The van der Waals surface area contributed by atoms with Gasteiger partial charge in [0.1, 0.15) is 17.3 Å². The highest BCUT2D eigenvalue weighted by Crippen LogP contribution is 2.28. The zero-order valence-corrected chi connectivity index (χ0v) is 18.3. The SMILES string of the molecule is COc1ccc(-c2cc(C(=O)NCC(c3ccc(C)o3)N3CCC(C)CC3)no2)cc1. The van der Waals surface area contributed by atoms with Gasteiger partial charge in [-0.15, -0.1) is 0 Å². The predicted molar refractivity (Wildman–Crippen MR) is 117 cm³/mol. The van der Waals surface area contributed by atoms with Crippen molar-refractivity contribution in [2.45, 2.75) is 32.7 Å². The Morgan fingerprint density at radius 2 is 1.97 bits per heavy atom. The fourth-order valence-electron chi connectivity index (χ4n) is 3.94. The first kappa shape index (κ1) is 21.2. The number of nitrogens with zero attached hydrogens (tertiary/aromatic N) is 2. The Morgan fingerprint density at radius 3 is 2.61 bits per heavy atom. The molecule has 0 bridgehead atoms. The Kier molecular flexibility index (Phi) is 6.42. The summed E-state index contributed by atoms with van der Waals surface area (Å²) in [6.45, 7) is 6.66. The number of benzene rings is 1. The summed E-state index contributed by atoms with van der Waals surface area (Å²) in [5.41, 5.74) is 1.09. The third kappa shape index (κ3) is 4.99. The molecule has 164 valence electrons. The number of hydrogen-bond acceptors (Lipinski definition) is 6. The molecule has 7 nitrogen and oxygen atoms in total. The topological polar surface area (TPSA) is 80.7 Å². The molecule has 0 aliphatic carbocycles. The number of carbonyl (C=O) groups excluding carboxylic acids is 1. The van der Waals surface area contributed by atoms with Gasteiger partial charge in [-0.3, -0.25) is 9.69 Å². The molecular weight excluding hydrogens is 394 g/mol. The van der Waals surface area contributed by atoms with Crippen LogP contribution in [0.3, 0.4) is 0 Å². The van der Waals surface area contributed by atoms with Crippen LogP contribution in [-0.4, -0.2) is 42.7 Å². The molecule has 1 aliphatic rings. The second kappa shape index (κ2) is 9.39. The smallest absolute Gasteiger partial charge is 0.273 e. The number of hydrogen-bond donors (Lipinski definition) is 1. The third-order valence-corrected chi connectivity index (χ3v) is 5.92. The Labute approximate surface area is 182 Å². The number of aryl methyl sites for hydroxylation is 1. The van der Waals surface area contributed by atoms with E-state index >= 15 is 0 Å². The second-order valence-electron chi connectivity index (χ2n) is 8.20. The fourth-order valence-corrected chi connectivity index (χ4v) is 3.94. The second-order valence-corrected chi connectivity index (χ2v) is 8.20. The molecule has 1 N–H and O–H groups in total. The summed E-state index contributed by atoms with van der Waals surface area (Å²) in [6, 6.07) is 13.0. The summed E-state index contributed by atoms with van der Waals surface area (Å²) in [7, 11) is 1.62. The van der Waals surface area contributed by atoms with Crippen molar-refractivity contribution in [1.82, 2.24) is 15.4 Å². The molecule has 1 aromatic carbocycles. The number of likely N-dealkylation sites (tertiary alicyclic amines) is 1. The third-order valence-electron chi connectivity index (χ3n) is 5.92. The van der Waals surface area contributed by atoms with Gasteiger partial charge >= 0.3 is 0 Å². The van der Waals surface area contributed by atoms with Gasteiger partial charge in [-0.2, -0.15) is 0 Å². The minimum atomic E-state index is -0.262. The number of rotatable bonds is 7. The minimum absolute atomic E-state index is 0.00175. The zero-order valence-electron chi connectivity index (χ0n) is 18.3. The summed E-state index contributed by atoms with van der Waals surface area (Å²) in [5, 5.41) is 6.97. The number of methoxy groups -OCH3 is 1. The number of carbonyl (C=O) groups is 1. The van der Waals surface area contributed by atoms with Crippen LogP contribution in [0.15, 0.2) is 51.4 Å². The Balaban J connectivity index is 1.43. The summed E-state index contributed by atoms with van der Waals surface area (Å²) in [6.07, 6.45) is 2.30. The monoisotopic (exact) mass is 423 g/mol. The molecule has 3 aromatic rings. The van der Waals surface area contributed by atoms with Gasteiger partial charge in [0.2, 0.25) is 0 Å². The fraction of sp³-hybridized carbons (Fsp3) is 0.417. The summed E-state index contributed by atoms with van der Waals surface area (Å²) < 4.78 is 16.5. The van der Waals surface area contributed by atoms with Crippen LogP contribution in [0.25, 0.3) is 11.3 Å². The summed E-state index contributed by atoms with van der Waals surface area (Å²) >= 11 is 0. The summed E-state index contributed by atoms with van der Waals surface area (Å²) in [5.74, 6) is 3.52. The van der Waals surface area contributed by atoms with Crippen LogP contribution in [0, 0.1) is 12.8 Å². The molecule has 4 rings (SSSR count). The highest BCUT2D eigenvalue weighted by molar-refractivity contribution is 5.93. The van der Waals surface area contributed by atoms with Gasteiger partial charge < -0.3 is 19.0 Å². The lowest BCUT2D eigenvalue weighted by atomic mass is 9.97. The Bertz CT molecular complexity index is 1000. The van der Waals surface area contributed by atoms with E-state index in [0.29, 0.717) is 12.3 Å². The highest BCUT2D eigenvalue weighted by Gasteiger charge is 2.27. The molecule has 1 saturated heterocycles. The molecule has 1 aliphatic heterocycles. The van der Waals surface area contributed by atoms with E-state index in [-0.39, 0.29) is 17.6 Å². The van der Waals surface area contributed by atoms with E-state index in [2.05, 4.69) is 22.3 Å². The van der Waals surface area contributed by atoms with E-state index in [9.17, 15) is 4.79 Å². The van der Waals surface area contributed by atoms with Crippen LogP contribution in [0.2, 0.25) is 0 Å². The maximum absolute atomic E-state index is 12.8. The van der Waals surface area contributed by atoms with Crippen molar-refractivity contribution in [3.05, 3.63) is 59.7 Å². The lowest BCUT2D eigenvalue weighted by Gasteiger charge is -2.35. The van der Waals surface area contributed by atoms with Crippen LogP contribution >= 0.6 is 0 Å². The number of aromatic nitrogens is 1. The predicted octanol–water partition coefficient (Wildman–Crippen LogP) is 4.45. The quantitative estimate of drug-likeness (QED) is 0.605. The van der Waals surface area contributed by atoms with Gasteiger partial charge in [0.25, 0.3) is 5.91 Å². The number of ether oxygens (including phenoxy) is 1. The molecule has 7 heteroatoms. The van der Waals surface area contributed by atoms with Gasteiger partial charge in [0, 0.05) is 18.2 Å². The zero-order chi connectivity index (χ0) is 21.8. The van der Waals surface area contributed by atoms with Crippen molar-refractivity contribution in [3.8, 4) is 17.1 Å². The highest BCUT2D eigenvalue weighted by atomic mass is 16.5. The van der Waals surface area contributed by atoms with Gasteiger partial charge in [0.15, 0.2) is 11.5 Å². The molecule has 31 heavy (non-hydrogen) atoms. The lowest BCUT2D eigenvalue weighted by Crippen LogP contribution is -2.41. The van der Waals surface area contributed by atoms with Gasteiger partial charge in [-0.05, 0) is 75.2 Å². The minimum Gasteiger partial charge on any atom is -0.497 e. The van der Waals surface area contributed by atoms with Crippen molar-refractivity contribution in [2.24, 2.45) is 5.92 Å². The van der Waals surface area contributed by atoms with E-state index in [0.717, 1.165) is 54.7 Å². The molecule has 0 saturated carbocycles. The van der Waals surface area contributed by atoms with Crippen LogP contribution < -0.4 is 10.1 Å². The van der Waals surface area contributed by atoms with Crippen molar-refractivity contribution >= 4 is 5.91 Å². The van der Waals surface area contributed by atoms with Crippen LogP contribution in [0.4, 0.5) is 0 Å². The van der Waals surface area contributed by atoms with Crippen LogP contribution in [-0.2, 0) is 0 Å². The van der Waals surface area contributed by atoms with E-state index < -0.39 is 0 Å². The van der Waals surface area contributed by atoms with Gasteiger partial charge in [-0.1, -0.05) is 12.1 Å². The number of furan rings is 1. The number of nitrogens with one attached hydrogen (secondary N) is 1. The first-order valence-corrected chi connectivity index (χ1v) is 10.7. The first-order valence-electron chi connectivity index (χ1n) is 10.7. The molecule has 2 aromatic heterocycles. The maximum atomic E-state index is 12.8. The Hall–Kier alpha value is -3.06. The molecule has 0 spiro atoms. The molecular formula is C24H29N3O4. The number of piperidine rings is 1. The van der Waals surface area contributed by atoms with Gasteiger partial charge in [-0.25, -0.2) is 0 Å². The molecule has 1 unspecified atom stereocenters. The largest absolute Gasteiger partial charge is 0.497 e. The van der Waals surface area contributed by atoms with Crippen LogP contribution in [0.1, 0.15) is 47.8 Å². The first-order chi connectivity index (χ1) is 15.0.